The monoisotopic (exact) mass is 464 g/mol. The molecule has 0 aromatic heterocycles. The Kier molecular flexibility index (Phi) is 7.39. The van der Waals surface area contributed by atoms with Gasteiger partial charge >= 0.3 is 5.97 Å². The molecule has 1 heterocycles. The molecule has 0 saturated carbocycles. The summed E-state index contributed by atoms with van der Waals surface area (Å²) in [5.74, 6) is -2.01. The van der Waals surface area contributed by atoms with Crippen molar-refractivity contribution in [2.24, 2.45) is 0 Å². The Bertz CT molecular complexity index is 1000. The summed E-state index contributed by atoms with van der Waals surface area (Å²) < 4.78 is 21.0. The van der Waals surface area contributed by atoms with Crippen molar-refractivity contribution in [3.05, 3.63) is 47.5 Å². The van der Waals surface area contributed by atoms with Crippen LogP contribution in [0.3, 0.4) is 0 Å². The standard InChI is InChI=1S/C22H24O11/c1-10(23)31-9-16-19(27)20(28)21(29)22(33-16)32-15-8-13(30-2)7-14(25)17(15)18(26)11-3-5-12(24)6-4-11/h3-8,16,19-22,24-25,27-29H,9H2,1-2H3/t16-,19-,20+,21-,22-/m1/s1. The number of carbonyl (C=O) groups is 2. The molecule has 1 saturated heterocycles. The summed E-state index contributed by atoms with van der Waals surface area (Å²) >= 11 is 0. The molecular weight excluding hydrogens is 440 g/mol. The van der Waals surface area contributed by atoms with Gasteiger partial charge in [0.2, 0.25) is 12.1 Å². The number of carbonyl (C=O) groups excluding carboxylic acids is 2. The summed E-state index contributed by atoms with van der Waals surface area (Å²) in [6.45, 7) is 0.720. The molecule has 3 rings (SSSR count). The maximum Gasteiger partial charge on any atom is 0.302 e. The highest BCUT2D eigenvalue weighted by atomic mass is 16.7. The van der Waals surface area contributed by atoms with Crippen LogP contribution in [0.15, 0.2) is 36.4 Å². The lowest BCUT2D eigenvalue weighted by Gasteiger charge is -2.40. The second-order valence-electron chi connectivity index (χ2n) is 7.33. The van der Waals surface area contributed by atoms with E-state index in [2.05, 4.69) is 0 Å². The van der Waals surface area contributed by atoms with Gasteiger partial charge in [0.25, 0.3) is 0 Å². The van der Waals surface area contributed by atoms with Crippen molar-refractivity contribution in [3.8, 4) is 23.0 Å². The number of aliphatic hydroxyl groups excluding tert-OH is 3. The van der Waals surface area contributed by atoms with Gasteiger partial charge in [0.05, 0.1) is 7.11 Å². The van der Waals surface area contributed by atoms with E-state index >= 15 is 0 Å². The largest absolute Gasteiger partial charge is 0.508 e. The van der Waals surface area contributed by atoms with Crippen LogP contribution in [-0.2, 0) is 14.3 Å². The number of esters is 1. The number of phenols is 2. The maximum absolute atomic E-state index is 13.1. The molecule has 11 heteroatoms. The first kappa shape index (κ1) is 24.3. The van der Waals surface area contributed by atoms with Crippen LogP contribution in [0.25, 0.3) is 0 Å². The Morgan fingerprint density at radius 1 is 1.00 bits per heavy atom. The highest BCUT2D eigenvalue weighted by Crippen LogP contribution is 2.37. The van der Waals surface area contributed by atoms with E-state index in [9.17, 15) is 35.1 Å². The predicted molar refractivity (Wildman–Crippen MR) is 110 cm³/mol. The Morgan fingerprint density at radius 2 is 1.67 bits per heavy atom. The van der Waals surface area contributed by atoms with Gasteiger partial charge < -0.3 is 44.5 Å². The molecule has 0 spiro atoms. The van der Waals surface area contributed by atoms with Crippen LogP contribution in [0.5, 0.6) is 23.0 Å². The molecule has 0 aliphatic carbocycles. The molecule has 2 aromatic carbocycles. The molecule has 0 bridgehead atoms. The first-order valence-electron chi connectivity index (χ1n) is 9.86. The van der Waals surface area contributed by atoms with Gasteiger partial charge in [0, 0.05) is 24.6 Å². The number of rotatable bonds is 7. The second-order valence-corrected chi connectivity index (χ2v) is 7.33. The normalized spacial score (nSPS) is 24.7. The van der Waals surface area contributed by atoms with Crippen molar-refractivity contribution in [1.82, 2.24) is 0 Å². The van der Waals surface area contributed by atoms with Crippen LogP contribution >= 0.6 is 0 Å². The summed E-state index contributed by atoms with van der Waals surface area (Å²) in [6.07, 6.45) is -7.91. The zero-order chi connectivity index (χ0) is 24.3. The molecule has 1 aliphatic rings. The van der Waals surface area contributed by atoms with Gasteiger partial charge in [0.15, 0.2) is 0 Å². The lowest BCUT2D eigenvalue weighted by molar-refractivity contribution is -0.278. The number of methoxy groups -OCH3 is 1. The fourth-order valence-corrected chi connectivity index (χ4v) is 3.25. The molecule has 0 radical (unpaired) electrons. The third kappa shape index (κ3) is 5.34. The molecule has 33 heavy (non-hydrogen) atoms. The van der Waals surface area contributed by atoms with E-state index in [1.54, 1.807) is 0 Å². The molecule has 5 N–H and O–H groups in total. The average molecular weight is 464 g/mol. The summed E-state index contributed by atoms with van der Waals surface area (Å²) in [7, 11) is 1.32. The Morgan fingerprint density at radius 3 is 2.27 bits per heavy atom. The fourth-order valence-electron chi connectivity index (χ4n) is 3.25. The van der Waals surface area contributed by atoms with E-state index in [4.69, 9.17) is 18.9 Å². The molecular formula is C22H24O11. The number of ether oxygens (including phenoxy) is 4. The SMILES string of the molecule is COc1cc(O)c(C(=O)c2ccc(O)cc2)c(O[C@@H]2O[C@H](COC(C)=O)[C@@H](O)[C@H](O)[C@H]2O)c1. The van der Waals surface area contributed by atoms with Gasteiger partial charge in [-0.1, -0.05) is 0 Å². The van der Waals surface area contributed by atoms with E-state index in [0.29, 0.717) is 0 Å². The van der Waals surface area contributed by atoms with Crippen LogP contribution in [0.4, 0.5) is 0 Å². The molecule has 5 atom stereocenters. The smallest absolute Gasteiger partial charge is 0.302 e. The zero-order valence-electron chi connectivity index (χ0n) is 17.7. The molecule has 1 fully saturated rings. The number of benzene rings is 2. The van der Waals surface area contributed by atoms with Crippen LogP contribution < -0.4 is 9.47 Å². The predicted octanol–water partition coefficient (Wildman–Crippen LogP) is 0.0869. The van der Waals surface area contributed by atoms with Gasteiger partial charge in [-0.2, -0.15) is 0 Å². The molecule has 0 amide bonds. The second kappa shape index (κ2) is 10.0. The molecule has 1 aliphatic heterocycles. The minimum atomic E-state index is -1.75. The van der Waals surface area contributed by atoms with Crippen molar-refractivity contribution in [3.63, 3.8) is 0 Å². The zero-order valence-corrected chi connectivity index (χ0v) is 17.7. The third-order valence-electron chi connectivity index (χ3n) is 5.01. The van der Waals surface area contributed by atoms with E-state index in [1.165, 1.54) is 43.5 Å². The van der Waals surface area contributed by atoms with Crippen molar-refractivity contribution in [2.75, 3.05) is 13.7 Å². The van der Waals surface area contributed by atoms with Crippen LogP contribution in [0, 0.1) is 0 Å². The third-order valence-corrected chi connectivity index (χ3v) is 5.01. The first-order valence-corrected chi connectivity index (χ1v) is 9.86. The van der Waals surface area contributed by atoms with Crippen molar-refractivity contribution in [2.45, 2.75) is 37.6 Å². The molecule has 178 valence electrons. The van der Waals surface area contributed by atoms with Crippen molar-refractivity contribution < 1.29 is 54.1 Å². The minimum absolute atomic E-state index is 0.0629. The molecule has 11 nitrogen and oxygen atoms in total. The summed E-state index contributed by atoms with van der Waals surface area (Å²) in [5, 5.41) is 50.6. The Balaban J connectivity index is 1.95. The number of ketones is 1. The van der Waals surface area contributed by atoms with Gasteiger partial charge in [-0.3, -0.25) is 9.59 Å². The summed E-state index contributed by atoms with van der Waals surface area (Å²) in [5.41, 5.74) is -0.180. The van der Waals surface area contributed by atoms with Crippen LogP contribution in [-0.4, -0.2) is 81.7 Å². The highest BCUT2D eigenvalue weighted by molar-refractivity contribution is 6.12. The van der Waals surface area contributed by atoms with Gasteiger partial charge in [-0.15, -0.1) is 0 Å². The Hall–Kier alpha value is -3.38. The number of phenolic OH excluding ortho intramolecular Hbond substituents is 2. The minimum Gasteiger partial charge on any atom is -0.508 e. The van der Waals surface area contributed by atoms with E-state index in [1.807, 2.05) is 0 Å². The lowest BCUT2D eigenvalue weighted by Crippen LogP contribution is -2.60. The average Bonchev–Trinajstić information content (AvgIpc) is 2.78. The van der Waals surface area contributed by atoms with E-state index in [0.717, 1.165) is 6.92 Å². The van der Waals surface area contributed by atoms with Gasteiger partial charge in [0.1, 0.15) is 59.6 Å². The topological polar surface area (TPSA) is 172 Å². The van der Waals surface area contributed by atoms with E-state index in [-0.39, 0.29) is 28.4 Å². The maximum atomic E-state index is 13.1. The van der Waals surface area contributed by atoms with E-state index < -0.39 is 54.8 Å². The number of aliphatic hydroxyl groups is 3. The van der Waals surface area contributed by atoms with Crippen LogP contribution in [0.2, 0.25) is 0 Å². The lowest BCUT2D eigenvalue weighted by atomic mass is 9.98. The quantitative estimate of drug-likeness (QED) is 0.278. The number of hydrogen-bond donors (Lipinski definition) is 5. The van der Waals surface area contributed by atoms with Crippen molar-refractivity contribution >= 4 is 11.8 Å². The summed E-state index contributed by atoms with van der Waals surface area (Å²) in [4.78, 5) is 24.2. The fraction of sp³-hybridized carbons (Fsp3) is 0.364. The first-order chi connectivity index (χ1) is 15.6. The highest BCUT2D eigenvalue weighted by Gasteiger charge is 2.46. The summed E-state index contributed by atoms with van der Waals surface area (Å²) in [6, 6.07) is 7.71. The molecule has 0 unspecified atom stereocenters. The number of hydrogen-bond acceptors (Lipinski definition) is 11. The Labute approximate surface area is 188 Å². The van der Waals surface area contributed by atoms with Crippen molar-refractivity contribution in [1.29, 1.82) is 0 Å². The molecule has 2 aromatic rings. The number of aromatic hydroxyl groups is 2. The van der Waals surface area contributed by atoms with Gasteiger partial charge in [-0.05, 0) is 24.3 Å². The van der Waals surface area contributed by atoms with Crippen LogP contribution in [0.1, 0.15) is 22.8 Å². The van der Waals surface area contributed by atoms with Gasteiger partial charge in [-0.25, -0.2) is 0 Å².